The molecule has 1 aromatic carbocycles. The molecule has 1 amide bonds. The van der Waals surface area contributed by atoms with Crippen LogP contribution in [-0.2, 0) is 4.79 Å². The Morgan fingerprint density at radius 3 is 2.67 bits per heavy atom. The highest BCUT2D eigenvalue weighted by molar-refractivity contribution is 5.77. The highest BCUT2D eigenvalue weighted by Gasteiger charge is 2.13. The molecular weight excluding hydrogens is 226 g/mol. The number of nitrogens with zero attached hydrogens (tertiary/aromatic N) is 1. The van der Waals surface area contributed by atoms with Crippen LogP contribution in [0.5, 0.6) is 0 Å². The lowest BCUT2D eigenvalue weighted by Gasteiger charge is -2.22. The number of carbonyl (C=O) groups is 1. The molecule has 1 saturated heterocycles. The Labute approximate surface area is 108 Å². The van der Waals surface area contributed by atoms with Crippen LogP contribution in [-0.4, -0.2) is 32.6 Å². The summed E-state index contributed by atoms with van der Waals surface area (Å²) >= 11 is 0. The molecule has 2 rings (SSSR count). The lowest BCUT2D eigenvalue weighted by Crippen LogP contribution is -2.28. The molecule has 0 aromatic heterocycles. The van der Waals surface area contributed by atoms with Gasteiger partial charge >= 0.3 is 0 Å². The average Bonchev–Trinajstić information content (AvgIpc) is 2.63. The van der Waals surface area contributed by atoms with Gasteiger partial charge in [-0.1, -0.05) is 12.1 Å². The molecule has 0 aliphatic carbocycles. The molecule has 1 atom stereocenters. The van der Waals surface area contributed by atoms with Crippen LogP contribution in [0.2, 0.25) is 0 Å². The van der Waals surface area contributed by atoms with Crippen LogP contribution >= 0.6 is 0 Å². The van der Waals surface area contributed by atoms with Crippen molar-refractivity contribution >= 4 is 11.6 Å². The lowest BCUT2D eigenvalue weighted by molar-refractivity contribution is -0.120. The van der Waals surface area contributed by atoms with Gasteiger partial charge in [0.05, 0.1) is 0 Å². The highest BCUT2D eigenvalue weighted by Crippen LogP contribution is 2.19. The van der Waals surface area contributed by atoms with Crippen LogP contribution in [0, 0.1) is 0 Å². The molecule has 18 heavy (non-hydrogen) atoms. The van der Waals surface area contributed by atoms with E-state index in [1.165, 1.54) is 11.3 Å². The smallest absolute Gasteiger partial charge is 0.221 e. The first-order chi connectivity index (χ1) is 8.70. The Hall–Kier alpha value is -1.55. The van der Waals surface area contributed by atoms with Gasteiger partial charge in [-0.05, 0) is 31.7 Å². The summed E-state index contributed by atoms with van der Waals surface area (Å²) in [5, 5.41) is 6.12. The zero-order chi connectivity index (χ0) is 13.0. The van der Waals surface area contributed by atoms with Crippen molar-refractivity contribution in [3.8, 4) is 0 Å². The number of carbonyl (C=O) groups excluding carboxylic acids is 1. The van der Waals surface area contributed by atoms with E-state index < -0.39 is 0 Å². The van der Waals surface area contributed by atoms with Gasteiger partial charge in [0, 0.05) is 37.8 Å². The number of nitrogens with one attached hydrogen (secondary N) is 2. The van der Waals surface area contributed by atoms with Crippen molar-refractivity contribution in [1.82, 2.24) is 10.6 Å². The largest absolute Gasteiger partial charge is 0.369 e. The molecule has 0 spiro atoms. The lowest BCUT2D eigenvalue weighted by atomic mass is 10.1. The van der Waals surface area contributed by atoms with Crippen LogP contribution in [0.15, 0.2) is 24.3 Å². The van der Waals surface area contributed by atoms with Crippen LogP contribution in [0.1, 0.15) is 24.9 Å². The second-order valence-electron chi connectivity index (χ2n) is 4.69. The minimum atomic E-state index is 0.151. The van der Waals surface area contributed by atoms with Gasteiger partial charge in [-0.2, -0.15) is 0 Å². The zero-order valence-electron chi connectivity index (χ0n) is 11.1. The quantitative estimate of drug-likeness (QED) is 0.846. The van der Waals surface area contributed by atoms with E-state index in [0.717, 1.165) is 19.6 Å². The fraction of sp³-hybridized carbons (Fsp3) is 0.500. The number of anilines is 1. The van der Waals surface area contributed by atoms with Crippen molar-refractivity contribution in [2.45, 2.75) is 19.4 Å². The molecule has 2 N–H and O–H groups in total. The van der Waals surface area contributed by atoms with Crippen LogP contribution in [0.25, 0.3) is 0 Å². The van der Waals surface area contributed by atoms with Crippen LogP contribution in [0.4, 0.5) is 5.69 Å². The van der Waals surface area contributed by atoms with Crippen molar-refractivity contribution in [3.05, 3.63) is 29.8 Å². The molecule has 1 aliphatic rings. The van der Waals surface area contributed by atoms with E-state index in [0.29, 0.717) is 12.5 Å². The molecule has 1 unspecified atom stereocenters. The van der Waals surface area contributed by atoms with Crippen molar-refractivity contribution < 1.29 is 4.79 Å². The Bertz CT molecular complexity index is 402. The fourth-order valence-electron chi connectivity index (χ4n) is 2.17. The average molecular weight is 247 g/mol. The summed E-state index contributed by atoms with van der Waals surface area (Å²) in [6.45, 7) is 4.55. The molecule has 0 saturated carbocycles. The molecule has 1 fully saturated rings. The summed E-state index contributed by atoms with van der Waals surface area (Å²) in [6.07, 6.45) is 0.578. The SMILES string of the molecule is CNC(C)c1ccc(N2CCNC(=O)CC2)cc1. The molecule has 4 heteroatoms. The molecule has 98 valence electrons. The summed E-state index contributed by atoms with van der Waals surface area (Å²) in [5.74, 6) is 0.151. The number of hydrogen-bond acceptors (Lipinski definition) is 3. The molecule has 0 bridgehead atoms. The predicted octanol–water partition coefficient (Wildman–Crippen LogP) is 1.29. The molecule has 0 radical (unpaired) electrons. The van der Waals surface area contributed by atoms with E-state index in [-0.39, 0.29) is 5.91 Å². The number of hydrogen-bond donors (Lipinski definition) is 2. The third-order valence-corrected chi connectivity index (χ3v) is 3.50. The fourth-order valence-corrected chi connectivity index (χ4v) is 2.17. The van der Waals surface area contributed by atoms with Gasteiger partial charge in [-0.3, -0.25) is 4.79 Å². The maximum atomic E-state index is 11.3. The first-order valence-electron chi connectivity index (χ1n) is 6.49. The van der Waals surface area contributed by atoms with E-state index in [1.807, 2.05) is 7.05 Å². The Morgan fingerprint density at radius 1 is 1.28 bits per heavy atom. The monoisotopic (exact) mass is 247 g/mol. The predicted molar refractivity (Wildman–Crippen MR) is 73.8 cm³/mol. The second-order valence-corrected chi connectivity index (χ2v) is 4.69. The normalized spacial score (nSPS) is 18.1. The maximum Gasteiger partial charge on any atom is 0.221 e. The van der Waals surface area contributed by atoms with Gasteiger partial charge in [0.25, 0.3) is 0 Å². The summed E-state index contributed by atoms with van der Waals surface area (Å²) < 4.78 is 0. The number of benzene rings is 1. The van der Waals surface area contributed by atoms with Crippen LogP contribution < -0.4 is 15.5 Å². The van der Waals surface area contributed by atoms with Crippen LogP contribution in [0.3, 0.4) is 0 Å². The third kappa shape index (κ3) is 3.01. The van der Waals surface area contributed by atoms with E-state index in [2.05, 4.69) is 46.7 Å². The molecule has 1 aromatic rings. The highest BCUT2D eigenvalue weighted by atomic mass is 16.1. The Morgan fingerprint density at radius 2 is 2.00 bits per heavy atom. The zero-order valence-corrected chi connectivity index (χ0v) is 11.1. The van der Waals surface area contributed by atoms with Gasteiger partial charge in [-0.15, -0.1) is 0 Å². The summed E-state index contributed by atoms with van der Waals surface area (Å²) in [6, 6.07) is 8.94. The van der Waals surface area contributed by atoms with E-state index >= 15 is 0 Å². The molecular formula is C14H21N3O. The summed E-state index contributed by atoms with van der Waals surface area (Å²) in [4.78, 5) is 13.6. The summed E-state index contributed by atoms with van der Waals surface area (Å²) in [7, 11) is 1.96. The van der Waals surface area contributed by atoms with Gasteiger partial charge in [0.2, 0.25) is 5.91 Å². The van der Waals surface area contributed by atoms with Crippen molar-refractivity contribution in [3.63, 3.8) is 0 Å². The molecule has 4 nitrogen and oxygen atoms in total. The van der Waals surface area contributed by atoms with E-state index in [9.17, 15) is 4.79 Å². The van der Waals surface area contributed by atoms with Gasteiger partial charge < -0.3 is 15.5 Å². The van der Waals surface area contributed by atoms with Gasteiger partial charge in [-0.25, -0.2) is 0 Å². The Kier molecular flexibility index (Phi) is 4.20. The Balaban J connectivity index is 2.06. The van der Waals surface area contributed by atoms with Gasteiger partial charge in [0.15, 0.2) is 0 Å². The maximum absolute atomic E-state index is 11.3. The molecule has 1 aliphatic heterocycles. The molecule has 1 heterocycles. The first kappa shape index (κ1) is 12.9. The van der Waals surface area contributed by atoms with Crippen molar-refractivity contribution in [1.29, 1.82) is 0 Å². The third-order valence-electron chi connectivity index (χ3n) is 3.50. The van der Waals surface area contributed by atoms with Gasteiger partial charge in [0.1, 0.15) is 0 Å². The first-order valence-corrected chi connectivity index (χ1v) is 6.49. The standard InChI is InChI=1S/C14H21N3O/c1-11(15-2)12-3-5-13(6-4-12)17-9-7-14(18)16-8-10-17/h3-6,11,15H,7-10H2,1-2H3,(H,16,18). The topological polar surface area (TPSA) is 44.4 Å². The van der Waals surface area contributed by atoms with Crippen molar-refractivity contribution in [2.24, 2.45) is 0 Å². The minimum absolute atomic E-state index is 0.151. The summed E-state index contributed by atoms with van der Waals surface area (Å²) in [5.41, 5.74) is 2.48. The van der Waals surface area contributed by atoms with E-state index in [1.54, 1.807) is 0 Å². The number of amides is 1. The second kappa shape index (κ2) is 5.87. The minimum Gasteiger partial charge on any atom is -0.369 e. The number of rotatable bonds is 3. The van der Waals surface area contributed by atoms with Crippen molar-refractivity contribution in [2.75, 3.05) is 31.6 Å². The van der Waals surface area contributed by atoms with E-state index in [4.69, 9.17) is 0 Å².